The molecule has 0 saturated carbocycles. The van der Waals surface area contributed by atoms with Gasteiger partial charge in [-0.25, -0.2) is 4.79 Å². The SMILES string of the molecule is COC(=O)c1ccc(Cl)c(NCC(=O)NCc2ccccc2)c1. The van der Waals surface area contributed by atoms with Crippen LogP contribution in [0.15, 0.2) is 48.5 Å². The summed E-state index contributed by atoms with van der Waals surface area (Å²) in [5.41, 5.74) is 1.89. The number of methoxy groups -OCH3 is 1. The lowest BCUT2D eigenvalue weighted by Crippen LogP contribution is -2.29. The van der Waals surface area contributed by atoms with Crippen molar-refractivity contribution in [2.75, 3.05) is 19.0 Å². The number of esters is 1. The Labute approximate surface area is 139 Å². The fourth-order valence-electron chi connectivity index (χ4n) is 1.94. The summed E-state index contributed by atoms with van der Waals surface area (Å²) in [6, 6.07) is 14.3. The first-order valence-corrected chi connectivity index (χ1v) is 7.40. The number of benzene rings is 2. The number of carbonyl (C=O) groups excluding carboxylic acids is 2. The molecule has 23 heavy (non-hydrogen) atoms. The number of hydrogen-bond donors (Lipinski definition) is 2. The van der Waals surface area contributed by atoms with Crippen molar-refractivity contribution in [3.8, 4) is 0 Å². The topological polar surface area (TPSA) is 67.4 Å². The van der Waals surface area contributed by atoms with Crippen LogP contribution in [0.25, 0.3) is 0 Å². The summed E-state index contributed by atoms with van der Waals surface area (Å²) in [5.74, 6) is -0.633. The smallest absolute Gasteiger partial charge is 0.337 e. The van der Waals surface area contributed by atoms with Crippen molar-refractivity contribution in [3.63, 3.8) is 0 Å². The summed E-state index contributed by atoms with van der Waals surface area (Å²) in [7, 11) is 1.31. The van der Waals surface area contributed by atoms with Crippen LogP contribution in [0.4, 0.5) is 5.69 Å². The van der Waals surface area contributed by atoms with Crippen LogP contribution >= 0.6 is 11.6 Å². The molecule has 2 aromatic carbocycles. The van der Waals surface area contributed by atoms with Crippen molar-refractivity contribution >= 4 is 29.2 Å². The molecule has 0 aliphatic heterocycles. The standard InChI is InChI=1S/C17H17ClN2O3/c1-23-17(22)13-7-8-14(18)15(9-13)19-11-16(21)20-10-12-5-3-2-4-6-12/h2-9,19H,10-11H2,1H3,(H,20,21). The molecule has 0 atom stereocenters. The highest BCUT2D eigenvalue weighted by Gasteiger charge is 2.10. The predicted octanol–water partition coefficient (Wildman–Crippen LogP) is 2.85. The number of rotatable bonds is 6. The number of carbonyl (C=O) groups is 2. The Morgan fingerprint density at radius 2 is 1.87 bits per heavy atom. The first kappa shape index (κ1) is 16.8. The van der Waals surface area contributed by atoms with Crippen molar-refractivity contribution < 1.29 is 14.3 Å². The minimum Gasteiger partial charge on any atom is -0.465 e. The third-order valence-electron chi connectivity index (χ3n) is 3.16. The quantitative estimate of drug-likeness (QED) is 0.798. The van der Waals surface area contributed by atoms with Crippen LogP contribution in [-0.4, -0.2) is 25.5 Å². The highest BCUT2D eigenvalue weighted by Crippen LogP contribution is 2.23. The number of hydrogen-bond acceptors (Lipinski definition) is 4. The van der Waals surface area contributed by atoms with Gasteiger partial charge in [0.2, 0.25) is 5.91 Å². The molecule has 0 radical (unpaired) electrons. The van der Waals surface area contributed by atoms with Gasteiger partial charge in [-0.15, -0.1) is 0 Å². The van der Waals surface area contributed by atoms with Crippen molar-refractivity contribution in [1.29, 1.82) is 0 Å². The molecule has 0 aliphatic rings. The molecule has 0 aromatic heterocycles. The first-order chi connectivity index (χ1) is 11.1. The molecule has 0 aliphatic carbocycles. The molecule has 2 N–H and O–H groups in total. The molecule has 2 rings (SSSR count). The van der Waals surface area contributed by atoms with Crippen LogP contribution in [0.5, 0.6) is 0 Å². The molecule has 6 heteroatoms. The van der Waals surface area contributed by atoms with E-state index in [1.165, 1.54) is 7.11 Å². The summed E-state index contributed by atoms with van der Waals surface area (Å²) in [5, 5.41) is 6.14. The van der Waals surface area contributed by atoms with Gasteiger partial charge in [-0.2, -0.15) is 0 Å². The Kier molecular flexibility index (Phi) is 6.00. The van der Waals surface area contributed by atoms with Crippen LogP contribution in [0.3, 0.4) is 0 Å². The highest BCUT2D eigenvalue weighted by atomic mass is 35.5. The third kappa shape index (κ3) is 5.00. The molecule has 0 saturated heterocycles. The summed E-state index contributed by atoms with van der Waals surface area (Å²) >= 11 is 6.05. The van der Waals surface area contributed by atoms with E-state index in [0.717, 1.165) is 5.56 Å². The lowest BCUT2D eigenvalue weighted by Gasteiger charge is -2.10. The van der Waals surface area contributed by atoms with Gasteiger partial charge in [0.15, 0.2) is 0 Å². The predicted molar refractivity (Wildman–Crippen MR) is 89.6 cm³/mol. The van der Waals surface area contributed by atoms with Gasteiger partial charge in [0.1, 0.15) is 0 Å². The number of halogens is 1. The zero-order valence-corrected chi connectivity index (χ0v) is 13.4. The maximum atomic E-state index is 11.9. The Morgan fingerprint density at radius 1 is 1.13 bits per heavy atom. The first-order valence-electron chi connectivity index (χ1n) is 7.02. The molecule has 0 fully saturated rings. The molecule has 0 spiro atoms. The number of nitrogens with one attached hydrogen (secondary N) is 2. The van der Waals surface area contributed by atoms with E-state index in [-0.39, 0.29) is 12.5 Å². The Bertz CT molecular complexity index is 689. The van der Waals surface area contributed by atoms with E-state index < -0.39 is 5.97 Å². The van der Waals surface area contributed by atoms with E-state index in [9.17, 15) is 9.59 Å². The zero-order chi connectivity index (χ0) is 16.7. The minimum absolute atomic E-state index is 0.0528. The largest absolute Gasteiger partial charge is 0.465 e. The maximum absolute atomic E-state index is 11.9. The van der Waals surface area contributed by atoms with Gasteiger partial charge < -0.3 is 15.4 Å². The fourth-order valence-corrected chi connectivity index (χ4v) is 2.12. The van der Waals surface area contributed by atoms with Crippen LogP contribution < -0.4 is 10.6 Å². The van der Waals surface area contributed by atoms with Gasteiger partial charge >= 0.3 is 5.97 Å². The molecule has 0 unspecified atom stereocenters. The lowest BCUT2D eigenvalue weighted by atomic mass is 10.2. The number of ether oxygens (including phenoxy) is 1. The van der Waals surface area contributed by atoms with Crippen molar-refractivity contribution in [2.24, 2.45) is 0 Å². The lowest BCUT2D eigenvalue weighted by molar-refractivity contribution is -0.119. The van der Waals surface area contributed by atoms with Crippen molar-refractivity contribution in [1.82, 2.24) is 5.32 Å². The second-order valence-corrected chi connectivity index (χ2v) is 5.21. The van der Waals surface area contributed by atoms with E-state index in [1.54, 1.807) is 18.2 Å². The summed E-state index contributed by atoms with van der Waals surface area (Å²) < 4.78 is 4.66. The van der Waals surface area contributed by atoms with Crippen LogP contribution in [0.2, 0.25) is 5.02 Å². The second kappa shape index (κ2) is 8.19. The van der Waals surface area contributed by atoms with Gasteiger partial charge in [0.05, 0.1) is 29.9 Å². The van der Waals surface area contributed by atoms with Gasteiger partial charge in [-0.1, -0.05) is 41.9 Å². The average molecular weight is 333 g/mol. The van der Waals surface area contributed by atoms with Crippen LogP contribution in [0.1, 0.15) is 15.9 Å². The zero-order valence-electron chi connectivity index (χ0n) is 12.6. The van der Waals surface area contributed by atoms with E-state index in [1.807, 2.05) is 30.3 Å². The summed E-state index contributed by atoms with van der Waals surface area (Å²) in [6.45, 7) is 0.508. The average Bonchev–Trinajstić information content (AvgIpc) is 2.59. The van der Waals surface area contributed by atoms with E-state index in [2.05, 4.69) is 15.4 Å². The number of amides is 1. The Balaban J connectivity index is 1.89. The fraction of sp³-hybridized carbons (Fsp3) is 0.176. The molecule has 120 valence electrons. The van der Waals surface area contributed by atoms with E-state index >= 15 is 0 Å². The Morgan fingerprint density at radius 3 is 2.57 bits per heavy atom. The maximum Gasteiger partial charge on any atom is 0.337 e. The summed E-state index contributed by atoms with van der Waals surface area (Å²) in [4.78, 5) is 23.4. The molecular formula is C17H17ClN2O3. The van der Waals surface area contributed by atoms with Crippen LogP contribution in [0, 0.1) is 0 Å². The normalized spacial score (nSPS) is 10.0. The molecule has 5 nitrogen and oxygen atoms in total. The molecule has 1 amide bonds. The Hall–Kier alpha value is -2.53. The van der Waals surface area contributed by atoms with Crippen molar-refractivity contribution in [2.45, 2.75) is 6.54 Å². The molecular weight excluding hydrogens is 316 g/mol. The van der Waals surface area contributed by atoms with Crippen LogP contribution in [-0.2, 0) is 16.1 Å². The highest BCUT2D eigenvalue weighted by molar-refractivity contribution is 6.33. The van der Waals surface area contributed by atoms with Gasteiger partial charge in [-0.3, -0.25) is 4.79 Å². The second-order valence-electron chi connectivity index (χ2n) is 4.80. The monoisotopic (exact) mass is 332 g/mol. The van der Waals surface area contributed by atoms with Gasteiger partial charge in [0.25, 0.3) is 0 Å². The number of anilines is 1. The molecule has 2 aromatic rings. The van der Waals surface area contributed by atoms with E-state index in [4.69, 9.17) is 11.6 Å². The van der Waals surface area contributed by atoms with Crippen molar-refractivity contribution in [3.05, 3.63) is 64.7 Å². The molecule has 0 heterocycles. The third-order valence-corrected chi connectivity index (χ3v) is 3.49. The summed E-state index contributed by atoms with van der Waals surface area (Å²) in [6.07, 6.45) is 0. The minimum atomic E-state index is -0.460. The molecule has 0 bridgehead atoms. The van der Waals surface area contributed by atoms with E-state index in [0.29, 0.717) is 22.8 Å². The van der Waals surface area contributed by atoms with Gasteiger partial charge in [0, 0.05) is 6.54 Å². The van der Waals surface area contributed by atoms with Gasteiger partial charge in [-0.05, 0) is 23.8 Å².